The molecule has 0 bridgehead atoms. The van der Waals surface area contributed by atoms with E-state index in [1.807, 2.05) is 12.1 Å². The van der Waals surface area contributed by atoms with Gasteiger partial charge in [-0.05, 0) is 62.4 Å². The molecule has 0 amide bonds. The van der Waals surface area contributed by atoms with Crippen LogP contribution in [0.4, 0.5) is 0 Å². The van der Waals surface area contributed by atoms with E-state index < -0.39 is 7.12 Å². The standard InChI is InChI=1S/C29H22BNO2/c1-29(2)23-15-19(30(32)33)13-17-11-12-18-14-20(16-24(29)28(18)27(17)23)31-25-9-5-3-7-21(25)22-8-4-6-10-26(22)31/h3-16,32-33H,1-2H3. The fourth-order valence-corrected chi connectivity index (χ4v) is 5.95. The molecule has 5 aromatic carbocycles. The molecular weight excluding hydrogens is 405 g/mol. The molecular formula is C29H22BNO2. The van der Waals surface area contributed by atoms with Crippen molar-refractivity contribution in [2.24, 2.45) is 0 Å². The van der Waals surface area contributed by atoms with Crippen LogP contribution in [0.15, 0.2) is 84.9 Å². The third-order valence-corrected chi connectivity index (χ3v) is 7.52. The highest BCUT2D eigenvalue weighted by Crippen LogP contribution is 2.49. The van der Waals surface area contributed by atoms with E-state index in [4.69, 9.17) is 0 Å². The lowest BCUT2D eigenvalue weighted by Crippen LogP contribution is -2.31. The Labute approximate surface area is 191 Å². The maximum atomic E-state index is 9.88. The van der Waals surface area contributed by atoms with Gasteiger partial charge in [0.25, 0.3) is 0 Å². The molecule has 1 aliphatic carbocycles. The van der Waals surface area contributed by atoms with Crippen molar-refractivity contribution in [3.63, 3.8) is 0 Å². The van der Waals surface area contributed by atoms with Crippen LogP contribution in [0.1, 0.15) is 25.0 Å². The summed E-state index contributed by atoms with van der Waals surface area (Å²) in [5.74, 6) is 0. The number of para-hydroxylation sites is 2. The lowest BCUT2D eigenvalue weighted by atomic mass is 9.74. The van der Waals surface area contributed by atoms with E-state index in [1.54, 1.807) is 0 Å². The third-order valence-electron chi connectivity index (χ3n) is 7.52. The monoisotopic (exact) mass is 427 g/mol. The summed E-state index contributed by atoms with van der Waals surface area (Å²) in [5, 5.41) is 27.0. The van der Waals surface area contributed by atoms with Gasteiger partial charge in [0.15, 0.2) is 0 Å². The van der Waals surface area contributed by atoms with Crippen molar-refractivity contribution in [2.75, 3.05) is 0 Å². The number of hydrogen-bond donors (Lipinski definition) is 2. The first kappa shape index (κ1) is 18.9. The number of nitrogens with zero attached hydrogens (tertiary/aromatic N) is 1. The van der Waals surface area contributed by atoms with E-state index in [-0.39, 0.29) is 5.41 Å². The zero-order chi connectivity index (χ0) is 22.5. The summed E-state index contributed by atoms with van der Waals surface area (Å²) in [5.41, 5.74) is 6.28. The molecule has 0 radical (unpaired) electrons. The predicted molar refractivity (Wildman–Crippen MR) is 138 cm³/mol. The SMILES string of the molecule is CC1(C)c2cc(B(O)O)cc3ccc4cc(-n5c6ccccc6c6ccccc65)cc1c4c23. The van der Waals surface area contributed by atoms with E-state index >= 15 is 0 Å². The molecule has 4 heteroatoms. The minimum Gasteiger partial charge on any atom is -0.423 e. The second kappa shape index (κ2) is 6.25. The van der Waals surface area contributed by atoms with Crippen molar-refractivity contribution in [1.29, 1.82) is 0 Å². The number of aromatic nitrogens is 1. The maximum absolute atomic E-state index is 9.88. The zero-order valence-corrected chi connectivity index (χ0v) is 18.5. The van der Waals surface area contributed by atoms with Crippen LogP contribution in [0.3, 0.4) is 0 Å². The molecule has 0 saturated carbocycles. The Morgan fingerprint density at radius 3 is 1.82 bits per heavy atom. The first-order valence-electron chi connectivity index (χ1n) is 11.4. The Morgan fingerprint density at radius 1 is 0.667 bits per heavy atom. The normalized spacial score (nSPS) is 14.3. The maximum Gasteiger partial charge on any atom is 0.488 e. The summed E-state index contributed by atoms with van der Waals surface area (Å²) < 4.78 is 2.37. The van der Waals surface area contributed by atoms with Crippen molar-refractivity contribution in [2.45, 2.75) is 19.3 Å². The summed E-state index contributed by atoms with van der Waals surface area (Å²) in [7, 11) is -1.48. The van der Waals surface area contributed by atoms with E-state index in [0.29, 0.717) is 5.46 Å². The van der Waals surface area contributed by atoms with Crippen LogP contribution in [0.2, 0.25) is 0 Å². The van der Waals surface area contributed by atoms with Crippen LogP contribution in [0, 0.1) is 0 Å². The van der Waals surface area contributed by atoms with Crippen molar-refractivity contribution in [3.05, 3.63) is 96.1 Å². The summed E-state index contributed by atoms with van der Waals surface area (Å²) in [6.45, 7) is 4.47. The van der Waals surface area contributed by atoms with E-state index in [9.17, 15) is 10.0 Å². The highest BCUT2D eigenvalue weighted by molar-refractivity contribution is 6.59. The lowest BCUT2D eigenvalue weighted by Gasteiger charge is -2.23. The molecule has 0 aliphatic heterocycles. The predicted octanol–water partition coefficient (Wildman–Crippen LogP) is 5.41. The first-order valence-corrected chi connectivity index (χ1v) is 11.4. The second-order valence-electron chi connectivity index (χ2n) is 9.69. The van der Waals surface area contributed by atoms with Crippen molar-refractivity contribution in [1.82, 2.24) is 4.57 Å². The van der Waals surface area contributed by atoms with Gasteiger partial charge in [-0.15, -0.1) is 0 Å². The molecule has 0 saturated heterocycles. The van der Waals surface area contributed by atoms with Gasteiger partial charge in [-0.2, -0.15) is 0 Å². The number of hydrogen-bond acceptors (Lipinski definition) is 2. The van der Waals surface area contributed by atoms with Crippen LogP contribution in [0.5, 0.6) is 0 Å². The molecule has 0 spiro atoms. The molecule has 158 valence electrons. The van der Waals surface area contributed by atoms with Gasteiger partial charge in [0.05, 0.1) is 11.0 Å². The topological polar surface area (TPSA) is 45.4 Å². The molecule has 0 fully saturated rings. The molecule has 1 heterocycles. The molecule has 3 nitrogen and oxygen atoms in total. The second-order valence-corrected chi connectivity index (χ2v) is 9.69. The van der Waals surface area contributed by atoms with Gasteiger partial charge in [0, 0.05) is 21.9 Å². The van der Waals surface area contributed by atoms with Crippen LogP contribution in [0.25, 0.3) is 49.0 Å². The average molecular weight is 427 g/mol. The average Bonchev–Trinajstić information content (AvgIpc) is 3.27. The summed E-state index contributed by atoms with van der Waals surface area (Å²) >= 11 is 0. The van der Waals surface area contributed by atoms with E-state index in [2.05, 4.69) is 91.2 Å². The van der Waals surface area contributed by atoms with Crippen LogP contribution < -0.4 is 5.46 Å². The molecule has 6 aromatic rings. The summed E-state index contributed by atoms with van der Waals surface area (Å²) in [6, 6.07) is 29.9. The van der Waals surface area contributed by atoms with E-state index in [1.165, 1.54) is 43.5 Å². The van der Waals surface area contributed by atoms with Gasteiger partial charge in [-0.25, -0.2) is 0 Å². The highest BCUT2D eigenvalue weighted by Gasteiger charge is 2.35. The molecule has 2 N–H and O–H groups in total. The molecule has 33 heavy (non-hydrogen) atoms. The van der Waals surface area contributed by atoms with E-state index in [0.717, 1.165) is 16.6 Å². The molecule has 1 aromatic heterocycles. The third kappa shape index (κ3) is 2.37. The van der Waals surface area contributed by atoms with Gasteiger partial charge in [0.2, 0.25) is 0 Å². The minimum atomic E-state index is -1.48. The summed E-state index contributed by atoms with van der Waals surface area (Å²) in [6.07, 6.45) is 0. The molecule has 0 atom stereocenters. The van der Waals surface area contributed by atoms with Gasteiger partial charge < -0.3 is 14.6 Å². The Hall–Kier alpha value is -3.60. The van der Waals surface area contributed by atoms with Crippen LogP contribution >= 0.6 is 0 Å². The zero-order valence-electron chi connectivity index (χ0n) is 18.5. The largest absolute Gasteiger partial charge is 0.488 e. The first-order chi connectivity index (χ1) is 15.9. The van der Waals surface area contributed by atoms with Gasteiger partial charge in [-0.3, -0.25) is 0 Å². The highest BCUT2D eigenvalue weighted by atomic mass is 16.4. The Kier molecular flexibility index (Phi) is 3.59. The fraction of sp³-hybridized carbons (Fsp3) is 0.103. The molecule has 1 aliphatic rings. The number of benzene rings is 5. The Morgan fingerprint density at radius 2 is 1.21 bits per heavy atom. The quantitative estimate of drug-likeness (QED) is 0.287. The smallest absolute Gasteiger partial charge is 0.423 e. The van der Waals surface area contributed by atoms with Gasteiger partial charge in [0.1, 0.15) is 0 Å². The summed E-state index contributed by atoms with van der Waals surface area (Å²) in [4.78, 5) is 0. The Bertz CT molecular complexity index is 1720. The van der Waals surface area contributed by atoms with Gasteiger partial charge in [-0.1, -0.05) is 74.5 Å². The molecule has 7 rings (SSSR count). The molecule has 0 unspecified atom stereocenters. The number of fused-ring (bicyclic) bond motifs is 3. The fourth-order valence-electron chi connectivity index (χ4n) is 5.95. The van der Waals surface area contributed by atoms with Crippen LogP contribution in [-0.4, -0.2) is 21.7 Å². The van der Waals surface area contributed by atoms with Crippen LogP contribution in [-0.2, 0) is 5.41 Å². The van der Waals surface area contributed by atoms with Gasteiger partial charge >= 0.3 is 7.12 Å². The minimum absolute atomic E-state index is 0.250. The van der Waals surface area contributed by atoms with Crippen molar-refractivity contribution >= 4 is 55.9 Å². The Balaban J connectivity index is 1.60. The van der Waals surface area contributed by atoms with Crippen molar-refractivity contribution in [3.8, 4) is 5.69 Å². The van der Waals surface area contributed by atoms with Crippen molar-refractivity contribution < 1.29 is 10.0 Å². The number of rotatable bonds is 2. The lowest BCUT2D eigenvalue weighted by molar-refractivity contribution is 0.425.